The Kier molecular flexibility index (Phi) is 8.91. The fourth-order valence-electron chi connectivity index (χ4n) is 4.79. The largest absolute Gasteiger partial charge is 2.00 e. The first-order valence-corrected chi connectivity index (χ1v) is 10.2. The molecule has 2 aromatic carbocycles. The number of aryl methyl sites for hydroxylation is 2. The topological polar surface area (TPSA) is 0 Å². The van der Waals surface area contributed by atoms with Crippen molar-refractivity contribution in [2.75, 3.05) is 0 Å². The summed E-state index contributed by atoms with van der Waals surface area (Å²) in [7, 11) is 0. The van der Waals surface area contributed by atoms with Gasteiger partial charge in [-0.05, 0) is 37.5 Å². The van der Waals surface area contributed by atoms with Gasteiger partial charge in [-0.15, -0.1) is 0 Å². The molecule has 0 amide bonds. The maximum Gasteiger partial charge on any atom is 2.00 e. The van der Waals surface area contributed by atoms with Crippen molar-refractivity contribution in [2.24, 2.45) is 0 Å². The van der Waals surface area contributed by atoms with E-state index in [1.807, 2.05) is 0 Å². The van der Waals surface area contributed by atoms with E-state index in [0.717, 1.165) is 11.8 Å². The van der Waals surface area contributed by atoms with E-state index >= 15 is 0 Å². The van der Waals surface area contributed by atoms with Crippen LogP contribution >= 0.6 is 0 Å². The molecule has 25 heavy (non-hydrogen) atoms. The normalized spacial score (nSPS) is 19.0. The van der Waals surface area contributed by atoms with E-state index in [0.29, 0.717) is 0 Å². The molecule has 0 atom stereocenters. The van der Waals surface area contributed by atoms with Crippen LogP contribution in [0.3, 0.4) is 0 Å². The predicted octanol–water partition coefficient (Wildman–Crippen LogP) is 7.52. The standard InChI is InChI=1S/2C12H17.Zr/c2*1-10-6-5-9-12(10)11-7-3-2-4-8-11;/h2*5-6,9,11H,2-4,7-8H2,1H3;/q2*-1;+2. The van der Waals surface area contributed by atoms with Crippen LogP contribution in [0.1, 0.15) is 98.3 Å². The van der Waals surface area contributed by atoms with Crippen LogP contribution in [0.4, 0.5) is 0 Å². The van der Waals surface area contributed by atoms with Gasteiger partial charge in [0.05, 0.1) is 0 Å². The SMILES string of the molecule is C[c-]1cccc1C1CCCCC1.C[c-]1cccc1C1CCCCC1.[Zr+2]. The summed E-state index contributed by atoms with van der Waals surface area (Å²) in [5.41, 5.74) is 6.24. The van der Waals surface area contributed by atoms with Crippen molar-refractivity contribution < 1.29 is 26.2 Å². The van der Waals surface area contributed by atoms with Crippen LogP contribution in [-0.2, 0) is 26.2 Å². The molecule has 1 heteroatoms. The number of hydrogen-bond acceptors (Lipinski definition) is 0. The van der Waals surface area contributed by atoms with Gasteiger partial charge in [0.25, 0.3) is 0 Å². The first kappa shape index (κ1) is 20.9. The van der Waals surface area contributed by atoms with E-state index < -0.39 is 0 Å². The Morgan fingerprint density at radius 3 is 1.28 bits per heavy atom. The molecule has 2 aliphatic carbocycles. The van der Waals surface area contributed by atoms with Crippen LogP contribution in [0.15, 0.2) is 36.4 Å². The van der Waals surface area contributed by atoms with Gasteiger partial charge in [0, 0.05) is 0 Å². The molecule has 134 valence electrons. The van der Waals surface area contributed by atoms with Gasteiger partial charge in [-0.3, -0.25) is 0 Å². The minimum absolute atomic E-state index is 0. The van der Waals surface area contributed by atoms with Gasteiger partial charge >= 0.3 is 26.2 Å². The summed E-state index contributed by atoms with van der Waals surface area (Å²) in [6.07, 6.45) is 14.4. The molecule has 0 heterocycles. The Bertz CT molecular complexity index is 537. The van der Waals surface area contributed by atoms with Crippen molar-refractivity contribution >= 4 is 0 Å². The zero-order valence-electron chi connectivity index (χ0n) is 16.2. The van der Waals surface area contributed by atoms with Gasteiger partial charge in [-0.25, -0.2) is 24.3 Å². The molecule has 0 unspecified atom stereocenters. The van der Waals surface area contributed by atoms with E-state index in [9.17, 15) is 0 Å². The summed E-state index contributed by atoms with van der Waals surface area (Å²) in [5, 5.41) is 0. The van der Waals surface area contributed by atoms with Crippen molar-refractivity contribution in [2.45, 2.75) is 89.9 Å². The molecule has 0 spiro atoms. The molecular weight excluding hydrogens is 379 g/mol. The van der Waals surface area contributed by atoms with Gasteiger partial charge in [-0.2, -0.15) is 34.4 Å². The third kappa shape index (κ3) is 5.78. The van der Waals surface area contributed by atoms with Crippen LogP contribution in [0.5, 0.6) is 0 Å². The maximum absolute atomic E-state index is 2.31. The molecule has 2 fully saturated rings. The Labute approximate surface area is 174 Å². The summed E-state index contributed by atoms with van der Waals surface area (Å²) >= 11 is 0. The molecule has 2 aromatic rings. The molecule has 2 aliphatic rings. The van der Waals surface area contributed by atoms with Crippen LogP contribution in [0.25, 0.3) is 0 Å². The molecular formula is C24H34Zr. The van der Waals surface area contributed by atoms with Crippen molar-refractivity contribution in [3.63, 3.8) is 0 Å². The molecule has 4 rings (SSSR count). The van der Waals surface area contributed by atoms with Gasteiger partial charge in [0.15, 0.2) is 0 Å². The second-order valence-electron chi connectivity index (χ2n) is 8.00. The summed E-state index contributed by atoms with van der Waals surface area (Å²) in [6, 6.07) is 13.5. The third-order valence-electron chi connectivity index (χ3n) is 6.24. The first-order valence-electron chi connectivity index (χ1n) is 10.2. The second-order valence-corrected chi connectivity index (χ2v) is 8.00. The minimum Gasteiger partial charge on any atom is -0.213 e. The Hall–Kier alpha value is -0.417. The Morgan fingerprint density at radius 1 is 0.640 bits per heavy atom. The molecule has 0 N–H and O–H groups in total. The average molecular weight is 414 g/mol. The van der Waals surface area contributed by atoms with Crippen LogP contribution < -0.4 is 0 Å². The van der Waals surface area contributed by atoms with E-state index in [4.69, 9.17) is 0 Å². The van der Waals surface area contributed by atoms with Crippen molar-refractivity contribution in [1.82, 2.24) is 0 Å². The van der Waals surface area contributed by atoms with Gasteiger partial charge in [0.1, 0.15) is 0 Å². The monoisotopic (exact) mass is 412 g/mol. The summed E-state index contributed by atoms with van der Waals surface area (Å²) in [6.45, 7) is 4.48. The summed E-state index contributed by atoms with van der Waals surface area (Å²) in [4.78, 5) is 0. The average Bonchev–Trinajstić information content (AvgIpc) is 3.25. The quantitative estimate of drug-likeness (QED) is 0.446. The smallest absolute Gasteiger partial charge is 0.213 e. The second kappa shape index (κ2) is 10.7. The van der Waals surface area contributed by atoms with Gasteiger partial charge < -0.3 is 0 Å². The Balaban J connectivity index is 0.000000173. The summed E-state index contributed by atoms with van der Waals surface area (Å²) in [5.74, 6) is 1.77. The molecule has 0 aliphatic heterocycles. The molecule has 0 nitrogen and oxygen atoms in total. The zero-order valence-corrected chi connectivity index (χ0v) is 18.6. The Morgan fingerprint density at radius 2 is 1.00 bits per heavy atom. The van der Waals surface area contributed by atoms with E-state index in [1.54, 1.807) is 11.1 Å². The maximum atomic E-state index is 2.31. The number of rotatable bonds is 2. The van der Waals surface area contributed by atoms with Crippen molar-refractivity contribution in [3.05, 3.63) is 58.7 Å². The molecule has 0 aromatic heterocycles. The summed E-state index contributed by atoms with van der Waals surface area (Å²) < 4.78 is 0. The predicted molar refractivity (Wildman–Crippen MR) is 105 cm³/mol. The van der Waals surface area contributed by atoms with Crippen molar-refractivity contribution in [1.29, 1.82) is 0 Å². The molecule has 2 saturated carbocycles. The van der Waals surface area contributed by atoms with Crippen LogP contribution in [0, 0.1) is 13.8 Å². The molecule has 0 saturated heterocycles. The molecule has 0 bridgehead atoms. The van der Waals surface area contributed by atoms with Gasteiger partial charge in [-0.1, -0.05) is 52.4 Å². The molecule has 0 radical (unpaired) electrons. The van der Waals surface area contributed by atoms with Crippen LogP contribution in [-0.4, -0.2) is 0 Å². The van der Waals surface area contributed by atoms with Crippen LogP contribution in [0.2, 0.25) is 0 Å². The van der Waals surface area contributed by atoms with Gasteiger partial charge in [0.2, 0.25) is 0 Å². The fraction of sp³-hybridized carbons (Fsp3) is 0.583. The fourth-order valence-corrected chi connectivity index (χ4v) is 4.79. The first-order chi connectivity index (χ1) is 11.8. The zero-order chi connectivity index (χ0) is 16.8. The van der Waals surface area contributed by atoms with E-state index in [1.165, 1.54) is 75.3 Å². The third-order valence-corrected chi connectivity index (χ3v) is 6.24. The number of hydrogen-bond donors (Lipinski definition) is 0. The van der Waals surface area contributed by atoms with E-state index in [2.05, 4.69) is 50.2 Å². The van der Waals surface area contributed by atoms with E-state index in [-0.39, 0.29) is 26.2 Å². The van der Waals surface area contributed by atoms with Crippen molar-refractivity contribution in [3.8, 4) is 0 Å². The minimum atomic E-state index is 0.